The number of ether oxygens (including phenoxy) is 2. The number of nitrogens with zero attached hydrogens (tertiary/aromatic N) is 1. The van der Waals surface area contributed by atoms with E-state index in [2.05, 4.69) is 0 Å². The molecule has 8 heteroatoms. The number of rotatable bonds is 10. The van der Waals surface area contributed by atoms with Gasteiger partial charge in [-0.25, -0.2) is 4.79 Å². The van der Waals surface area contributed by atoms with Crippen molar-refractivity contribution in [3.63, 3.8) is 0 Å². The van der Waals surface area contributed by atoms with E-state index in [1.54, 1.807) is 42.2 Å². The highest BCUT2D eigenvalue weighted by atomic mass is 35.5. The number of carbonyl (C=O) groups excluding carboxylic acids is 2. The van der Waals surface area contributed by atoms with E-state index >= 15 is 0 Å². The van der Waals surface area contributed by atoms with Crippen LogP contribution in [0.1, 0.15) is 69.2 Å². The zero-order chi connectivity index (χ0) is 25.5. The Morgan fingerprint density at radius 2 is 1.83 bits per heavy atom. The zero-order valence-corrected chi connectivity index (χ0v) is 21.3. The number of benzene rings is 2. The lowest BCUT2D eigenvalue weighted by atomic mass is 9.99. The first-order valence-corrected chi connectivity index (χ1v) is 12.5. The topological polar surface area (TPSA) is 103 Å². The van der Waals surface area contributed by atoms with Gasteiger partial charge in [0.1, 0.15) is 0 Å². The Morgan fingerprint density at radius 1 is 1.17 bits per heavy atom. The lowest BCUT2D eigenvalue weighted by Gasteiger charge is -2.25. The summed E-state index contributed by atoms with van der Waals surface area (Å²) >= 11 is 6.60. The van der Waals surface area contributed by atoms with Crippen molar-refractivity contribution in [1.29, 1.82) is 5.41 Å². The third-order valence-corrected chi connectivity index (χ3v) is 6.40. The molecule has 1 aliphatic heterocycles. The highest BCUT2D eigenvalue weighted by Crippen LogP contribution is 2.41. The molecule has 2 unspecified atom stereocenters. The van der Waals surface area contributed by atoms with E-state index in [1.807, 2.05) is 19.9 Å². The van der Waals surface area contributed by atoms with Gasteiger partial charge in [-0.1, -0.05) is 62.2 Å². The minimum absolute atomic E-state index is 0.177. The Hall–Kier alpha value is -3.06. The molecule has 1 amide bonds. The summed E-state index contributed by atoms with van der Waals surface area (Å²) in [6.07, 6.45) is 1.47. The SMILES string of the molecule is CCCc1c([OH2+])c(C(=N)CC)cc(Cl)c1OC(C(=O)OC(C)C(=O)N1CCCC1)c1ccccc1. The smallest absolute Gasteiger partial charge is 0.352 e. The van der Waals surface area contributed by atoms with E-state index in [1.165, 1.54) is 0 Å². The molecule has 0 aliphatic carbocycles. The van der Waals surface area contributed by atoms with E-state index < -0.39 is 18.2 Å². The second-order valence-electron chi connectivity index (χ2n) is 8.69. The molecule has 0 spiro atoms. The normalized spacial score (nSPS) is 14.9. The van der Waals surface area contributed by atoms with Crippen LogP contribution in [0.2, 0.25) is 5.02 Å². The van der Waals surface area contributed by atoms with E-state index in [0.717, 1.165) is 19.3 Å². The zero-order valence-electron chi connectivity index (χ0n) is 20.5. The third kappa shape index (κ3) is 6.14. The van der Waals surface area contributed by atoms with Crippen LogP contribution in [0.25, 0.3) is 0 Å². The highest BCUT2D eigenvalue weighted by molar-refractivity contribution is 6.32. The molecule has 1 heterocycles. The van der Waals surface area contributed by atoms with Gasteiger partial charge in [0, 0.05) is 24.4 Å². The van der Waals surface area contributed by atoms with Gasteiger partial charge in [-0.05, 0) is 38.7 Å². The van der Waals surface area contributed by atoms with E-state index in [-0.39, 0.29) is 22.4 Å². The third-order valence-electron chi connectivity index (χ3n) is 6.12. The van der Waals surface area contributed by atoms with Gasteiger partial charge in [-0.2, -0.15) is 0 Å². The van der Waals surface area contributed by atoms with Gasteiger partial charge in [0.05, 0.1) is 16.1 Å². The number of carbonyl (C=O) groups is 2. The number of halogens is 1. The minimum atomic E-state index is -1.17. The van der Waals surface area contributed by atoms with Crippen LogP contribution in [0.15, 0.2) is 36.4 Å². The van der Waals surface area contributed by atoms with Crippen molar-refractivity contribution < 1.29 is 24.2 Å². The molecule has 2 aromatic carbocycles. The molecule has 0 aromatic heterocycles. The van der Waals surface area contributed by atoms with Crippen LogP contribution in [-0.2, 0) is 20.7 Å². The fourth-order valence-electron chi connectivity index (χ4n) is 4.21. The first kappa shape index (κ1) is 26.5. The number of hydrogen-bond acceptors (Lipinski definition) is 5. The van der Waals surface area contributed by atoms with Gasteiger partial charge >= 0.3 is 5.97 Å². The Kier molecular flexibility index (Phi) is 9.15. The molecule has 3 N–H and O–H groups in total. The predicted molar refractivity (Wildman–Crippen MR) is 137 cm³/mol. The number of likely N-dealkylation sites (tertiary alicyclic amines) is 1. The Balaban J connectivity index is 1.95. The van der Waals surface area contributed by atoms with Crippen LogP contribution in [0, 0.1) is 5.41 Å². The molecular weight excluding hydrogens is 468 g/mol. The molecule has 188 valence electrons. The largest absolute Gasteiger partial charge is 0.593 e. The fourth-order valence-corrected chi connectivity index (χ4v) is 4.48. The van der Waals surface area contributed by atoms with Crippen LogP contribution in [0.5, 0.6) is 11.5 Å². The van der Waals surface area contributed by atoms with Crippen molar-refractivity contribution in [3.05, 3.63) is 58.1 Å². The molecule has 1 aliphatic rings. The van der Waals surface area contributed by atoms with Crippen molar-refractivity contribution in [2.24, 2.45) is 0 Å². The van der Waals surface area contributed by atoms with Gasteiger partial charge in [0.2, 0.25) is 6.10 Å². The predicted octanol–water partition coefficient (Wildman–Crippen LogP) is 5.18. The van der Waals surface area contributed by atoms with E-state index in [9.17, 15) is 9.59 Å². The molecule has 2 aromatic rings. The summed E-state index contributed by atoms with van der Waals surface area (Å²) in [5, 5.41) is 17.1. The van der Waals surface area contributed by atoms with Gasteiger partial charge in [0.25, 0.3) is 11.7 Å². The molecule has 1 fully saturated rings. The van der Waals surface area contributed by atoms with Crippen LogP contribution >= 0.6 is 11.6 Å². The molecule has 0 radical (unpaired) electrons. The molecule has 2 atom stereocenters. The first-order chi connectivity index (χ1) is 16.8. The van der Waals surface area contributed by atoms with Crippen LogP contribution < -0.4 is 4.74 Å². The summed E-state index contributed by atoms with van der Waals surface area (Å²) in [6.45, 7) is 6.74. The van der Waals surface area contributed by atoms with Crippen LogP contribution in [0.4, 0.5) is 0 Å². The quantitative estimate of drug-likeness (QED) is 0.275. The lowest BCUT2D eigenvalue weighted by Crippen LogP contribution is -2.39. The van der Waals surface area contributed by atoms with Crippen molar-refractivity contribution >= 4 is 29.2 Å². The molecule has 35 heavy (non-hydrogen) atoms. The minimum Gasteiger partial charge on any atom is -0.593 e. The van der Waals surface area contributed by atoms with E-state index in [4.69, 9.17) is 31.6 Å². The van der Waals surface area contributed by atoms with Crippen LogP contribution in [-0.4, -0.2) is 46.8 Å². The average Bonchev–Trinajstić information content (AvgIpc) is 3.40. The first-order valence-electron chi connectivity index (χ1n) is 12.1. The number of esters is 1. The maximum absolute atomic E-state index is 13.3. The van der Waals surface area contributed by atoms with Crippen molar-refractivity contribution in [2.75, 3.05) is 13.1 Å². The average molecular weight is 502 g/mol. The van der Waals surface area contributed by atoms with Crippen molar-refractivity contribution in [2.45, 2.75) is 65.1 Å². The van der Waals surface area contributed by atoms with Crippen molar-refractivity contribution in [3.8, 4) is 11.5 Å². The maximum atomic E-state index is 13.3. The molecule has 0 saturated carbocycles. The fraction of sp³-hybridized carbons (Fsp3) is 0.444. The second-order valence-corrected chi connectivity index (χ2v) is 9.10. The van der Waals surface area contributed by atoms with Gasteiger partial charge < -0.3 is 24.9 Å². The van der Waals surface area contributed by atoms with E-state index in [0.29, 0.717) is 48.3 Å². The molecule has 0 bridgehead atoms. The highest BCUT2D eigenvalue weighted by Gasteiger charge is 2.33. The van der Waals surface area contributed by atoms with Crippen LogP contribution in [0.3, 0.4) is 0 Å². The molecule has 3 rings (SSSR count). The lowest BCUT2D eigenvalue weighted by molar-refractivity contribution is -0.164. The summed E-state index contributed by atoms with van der Waals surface area (Å²) in [6, 6.07) is 10.4. The Labute approximate surface area is 211 Å². The van der Waals surface area contributed by atoms with Gasteiger partial charge in [0.15, 0.2) is 11.9 Å². The summed E-state index contributed by atoms with van der Waals surface area (Å²) < 4.78 is 11.8. The standard InChI is InChI=1S/C27H33ClN2O5/c1-4-11-19-23(31)20(22(29)5-2)16-21(28)25(19)35-24(18-12-7-6-8-13-18)27(33)34-17(3)26(32)30-14-9-10-15-30/h6-8,12-13,16-17,24,29,31H,4-5,9-11,14-15H2,1-3H3/p+1. The molecule has 1 saturated heterocycles. The van der Waals surface area contributed by atoms with Crippen molar-refractivity contribution in [1.82, 2.24) is 4.90 Å². The monoisotopic (exact) mass is 501 g/mol. The number of nitrogens with one attached hydrogen (secondary N) is 1. The Bertz CT molecular complexity index is 1070. The summed E-state index contributed by atoms with van der Waals surface area (Å²) in [5.74, 6) is -0.513. The molecule has 7 nitrogen and oxygen atoms in total. The second kappa shape index (κ2) is 12.1. The summed E-state index contributed by atoms with van der Waals surface area (Å²) in [7, 11) is 0. The summed E-state index contributed by atoms with van der Waals surface area (Å²) in [5.41, 5.74) is 1.86. The maximum Gasteiger partial charge on any atom is 0.352 e. The molecular formula is C27H34ClN2O5+. The van der Waals surface area contributed by atoms with Gasteiger partial charge in [-0.15, -0.1) is 0 Å². The summed E-state index contributed by atoms with van der Waals surface area (Å²) in [4.78, 5) is 27.7. The van der Waals surface area contributed by atoms with Gasteiger partial charge in [-0.3, -0.25) is 4.79 Å². The number of amides is 1. The Morgan fingerprint density at radius 3 is 2.43 bits per heavy atom. The number of hydrogen-bond donors (Lipinski definition) is 1.